The Morgan fingerprint density at radius 3 is 2.11 bits per heavy atom. The van der Waals surface area contributed by atoms with E-state index in [0.717, 1.165) is 0 Å². The van der Waals surface area contributed by atoms with Crippen LogP contribution in [0.5, 0.6) is 0 Å². The zero-order chi connectivity index (χ0) is 6.57. The van der Waals surface area contributed by atoms with Crippen molar-refractivity contribution in [1.29, 1.82) is 0 Å². The summed E-state index contributed by atoms with van der Waals surface area (Å²) in [5, 5.41) is 2.70. The smallest absolute Gasteiger partial charge is 0.0823 e. The van der Waals surface area contributed by atoms with Crippen LogP contribution in [0, 0.1) is 6.42 Å². The van der Waals surface area contributed by atoms with Gasteiger partial charge in [-0.05, 0) is 13.8 Å². The first-order valence-corrected chi connectivity index (χ1v) is 2.76. The minimum absolute atomic E-state index is 0. The Morgan fingerprint density at radius 2 is 2.00 bits per heavy atom. The molecule has 0 unspecified atom stereocenters. The summed E-state index contributed by atoms with van der Waals surface area (Å²) < 4.78 is 0. The fourth-order valence-electron chi connectivity index (χ4n) is 0.368. The number of nitrogens with one attached hydrogen (secondary N) is 1. The van der Waals surface area contributed by atoms with Gasteiger partial charge < -0.3 is 16.5 Å². The molecule has 0 aliphatic carbocycles. The standard InChI is InChI=1S/C6H12NO.W/c1-4-6(8)7-5(2)3;/h4-5H,1-3H3,(H,7,8);/q-1;. The largest absolute Gasteiger partial charge is 0.379 e. The third-order valence-corrected chi connectivity index (χ3v) is 0.693. The molecule has 0 aromatic rings. The van der Waals surface area contributed by atoms with Gasteiger partial charge in [0.05, 0.1) is 5.91 Å². The van der Waals surface area contributed by atoms with Crippen LogP contribution >= 0.6 is 0 Å². The Labute approximate surface area is 70.7 Å². The molecule has 2 nitrogen and oxygen atoms in total. The summed E-state index contributed by atoms with van der Waals surface area (Å²) >= 11 is 0. The van der Waals surface area contributed by atoms with E-state index in [-0.39, 0.29) is 33.0 Å². The van der Waals surface area contributed by atoms with E-state index in [0.29, 0.717) is 0 Å². The van der Waals surface area contributed by atoms with Crippen LogP contribution in [0.4, 0.5) is 0 Å². The number of carbonyl (C=O) groups excluding carboxylic acids is 1. The van der Waals surface area contributed by atoms with E-state index in [1.807, 2.05) is 13.8 Å². The van der Waals surface area contributed by atoms with Gasteiger partial charge >= 0.3 is 0 Å². The molecular weight excluding hydrogens is 286 g/mol. The van der Waals surface area contributed by atoms with E-state index >= 15 is 0 Å². The number of hydrogen-bond donors (Lipinski definition) is 1. The van der Waals surface area contributed by atoms with Crippen LogP contribution in [0.15, 0.2) is 0 Å². The predicted octanol–water partition coefficient (Wildman–Crippen LogP) is 0.733. The van der Waals surface area contributed by atoms with Crippen molar-refractivity contribution in [3.8, 4) is 0 Å². The van der Waals surface area contributed by atoms with Crippen molar-refractivity contribution in [3.63, 3.8) is 0 Å². The number of hydrogen-bond acceptors (Lipinski definition) is 1. The molecule has 0 heterocycles. The molecule has 3 heteroatoms. The topological polar surface area (TPSA) is 29.1 Å². The molecule has 0 radical (unpaired) electrons. The first kappa shape index (κ1) is 11.8. The number of amides is 1. The van der Waals surface area contributed by atoms with Crippen molar-refractivity contribution >= 4 is 5.91 Å². The van der Waals surface area contributed by atoms with Crippen LogP contribution < -0.4 is 5.32 Å². The maximum Gasteiger partial charge on any atom is 0.0823 e. The normalized spacial score (nSPS) is 8.00. The molecule has 1 N–H and O–H groups in total. The van der Waals surface area contributed by atoms with Gasteiger partial charge in [0.1, 0.15) is 0 Å². The first-order chi connectivity index (χ1) is 3.66. The molecule has 0 spiro atoms. The SMILES string of the molecule is C[CH-]C(=O)NC(C)C.[W]. The van der Waals surface area contributed by atoms with Crippen LogP contribution in [-0.2, 0) is 25.9 Å². The zero-order valence-corrected chi connectivity index (χ0v) is 8.90. The summed E-state index contributed by atoms with van der Waals surface area (Å²) in [5.74, 6) is 0.000000000000000222. The minimum Gasteiger partial charge on any atom is -0.379 e. The average Bonchev–Trinajstić information content (AvgIpc) is 1.65. The molecule has 0 bridgehead atoms. The van der Waals surface area contributed by atoms with E-state index in [2.05, 4.69) is 5.32 Å². The number of rotatable bonds is 2. The van der Waals surface area contributed by atoms with Gasteiger partial charge in [-0.25, -0.2) is 0 Å². The molecule has 0 aromatic carbocycles. The van der Waals surface area contributed by atoms with E-state index in [9.17, 15) is 4.79 Å². The first-order valence-electron chi connectivity index (χ1n) is 2.76. The van der Waals surface area contributed by atoms with Gasteiger partial charge in [0.15, 0.2) is 0 Å². The van der Waals surface area contributed by atoms with Gasteiger partial charge in [-0.2, -0.15) is 6.92 Å². The summed E-state index contributed by atoms with van der Waals surface area (Å²) in [7, 11) is 0. The van der Waals surface area contributed by atoms with Crippen molar-refractivity contribution in [1.82, 2.24) is 5.32 Å². The second-order valence-corrected chi connectivity index (χ2v) is 1.95. The van der Waals surface area contributed by atoms with Crippen molar-refractivity contribution in [2.45, 2.75) is 26.8 Å². The fraction of sp³-hybridized carbons (Fsp3) is 0.667. The molecule has 0 aromatic heterocycles. The van der Waals surface area contributed by atoms with Crippen molar-refractivity contribution in [2.24, 2.45) is 0 Å². The molecule has 1 amide bonds. The van der Waals surface area contributed by atoms with Crippen molar-refractivity contribution in [3.05, 3.63) is 6.42 Å². The molecule has 0 aliphatic heterocycles. The summed E-state index contributed by atoms with van der Waals surface area (Å²) in [6, 6.07) is 0.249. The molecule has 0 atom stereocenters. The molecule has 0 saturated carbocycles. The Balaban J connectivity index is 0. The summed E-state index contributed by atoms with van der Waals surface area (Å²) in [6.07, 6.45) is 1.51. The van der Waals surface area contributed by atoms with Crippen LogP contribution in [0.2, 0.25) is 0 Å². The second-order valence-electron chi connectivity index (χ2n) is 1.95. The van der Waals surface area contributed by atoms with E-state index in [4.69, 9.17) is 0 Å². The maximum atomic E-state index is 10.5. The molecule has 9 heavy (non-hydrogen) atoms. The van der Waals surface area contributed by atoms with Gasteiger partial charge in [0.2, 0.25) is 0 Å². The molecule has 54 valence electrons. The van der Waals surface area contributed by atoms with Gasteiger partial charge in [-0.15, -0.1) is 0 Å². The van der Waals surface area contributed by atoms with Crippen LogP contribution in [0.1, 0.15) is 20.8 Å². The summed E-state index contributed by atoms with van der Waals surface area (Å²) in [4.78, 5) is 10.5. The van der Waals surface area contributed by atoms with Gasteiger partial charge in [-0.1, -0.05) is 0 Å². The third-order valence-electron chi connectivity index (χ3n) is 0.693. The van der Waals surface area contributed by atoms with E-state index in [1.165, 1.54) is 6.42 Å². The Morgan fingerprint density at radius 1 is 1.56 bits per heavy atom. The van der Waals surface area contributed by atoms with Crippen molar-refractivity contribution in [2.75, 3.05) is 0 Å². The van der Waals surface area contributed by atoms with E-state index < -0.39 is 0 Å². The Hall–Kier alpha value is 0.0283. The quantitative estimate of drug-likeness (QED) is 0.748. The van der Waals surface area contributed by atoms with Crippen LogP contribution in [-0.4, -0.2) is 11.9 Å². The summed E-state index contributed by atoms with van der Waals surface area (Å²) in [5.41, 5.74) is 0. The monoisotopic (exact) mass is 298 g/mol. The molecule has 0 fully saturated rings. The predicted molar refractivity (Wildman–Crippen MR) is 33.3 cm³/mol. The van der Waals surface area contributed by atoms with E-state index in [1.54, 1.807) is 6.92 Å². The molecular formula is C6H12NOW-. The maximum absolute atomic E-state index is 10.5. The molecule has 0 aliphatic rings. The zero-order valence-electron chi connectivity index (χ0n) is 5.97. The van der Waals surface area contributed by atoms with Crippen molar-refractivity contribution < 1.29 is 25.9 Å². The fourth-order valence-corrected chi connectivity index (χ4v) is 0.368. The number of carbonyl (C=O) groups is 1. The third kappa shape index (κ3) is 8.03. The van der Waals surface area contributed by atoms with Gasteiger partial charge in [-0.3, -0.25) is 0 Å². The molecule has 0 saturated heterocycles. The minimum atomic E-state index is 0. The average molecular weight is 298 g/mol. The van der Waals surface area contributed by atoms with Crippen LogP contribution in [0.25, 0.3) is 0 Å². The second kappa shape index (κ2) is 6.15. The Bertz CT molecular complexity index is 83.1. The summed E-state index contributed by atoms with van der Waals surface area (Å²) in [6.45, 7) is 5.58. The molecule has 0 rings (SSSR count). The van der Waals surface area contributed by atoms with Gasteiger partial charge in [0, 0.05) is 27.1 Å². The van der Waals surface area contributed by atoms with Gasteiger partial charge in [0.25, 0.3) is 0 Å². The Kier molecular flexibility index (Phi) is 8.05. The van der Waals surface area contributed by atoms with Crippen LogP contribution in [0.3, 0.4) is 0 Å².